The number of aromatic nitrogens is 1. The molecule has 2 heterocycles. The number of amides is 1. The maximum atomic E-state index is 13.3. The molecule has 0 spiro atoms. The summed E-state index contributed by atoms with van der Waals surface area (Å²) in [4.78, 5) is 30.2. The molecule has 1 fully saturated rings. The standard InChI is InChI=1S/C30H36N2O4/c1-20(2)26-25(15-17-31-27(26)33)23-13-11-22(12-14-23)21(3)32-18-16-30(36-28(32)34,19-29(4,5)35)24-9-7-6-8-10-24/h6-15,17,20-21,35H,16,18-19H2,1-5H3,(H,31,33)/t21-,30-/m0/s1. The van der Waals surface area contributed by atoms with Crippen LogP contribution in [0.15, 0.2) is 71.7 Å². The lowest BCUT2D eigenvalue weighted by Crippen LogP contribution is -2.51. The number of benzene rings is 2. The number of pyridine rings is 1. The minimum absolute atomic E-state index is 0.0658. The topological polar surface area (TPSA) is 82.6 Å². The van der Waals surface area contributed by atoms with Gasteiger partial charge in [0.25, 0.3) is 5.56 Å². The van der Waals surface area contributed by atoms with Crippen molar-refractivity contribution >= 4 is 6.09 Å². The number of hydrogen-bond acceptors (Lipinski definition) is 4. The van der Waals surface area contributed by atoms with E-state index in [1.54, 1.807) is 24.9 Å². The number of ether oxygens (including phenoxy) is 1. The van der Waals surface area contributed by atoms with Gasteiger partial charge in [-0.05, 0) is 55.0 Å². The van der Waals surface area contributed by atoms with Crippen molar-refractivity contribution in [2.45, 2.75) is 70.6 Å². The number of cyclic esters (lactones) is 1. The van der Waals surface area contributed by atoms with Crippen LogP contribution < -0.4 is 5.56 Å². The maximum absolute atomic E-state index is 13.3. The smallest absolute Gasteiger partial charge is 0.411 e. The highest BCUT2D eigenvalue weighted by Gasteiger charge is 2.46. The van der Waals surface area contributed by atoms with E-state index in [1.807, 2.05) is 81.4 Å². The molecule has 2 N–H and O–H groups in total. The van der Waals surface area contributed by atoms with Gasteiger partial charge in [0, 0.05) is 31.1 Å². The fraction of sp³-hybridized carbons (Fsp3) is 0.400. The van der Waals surface area contributed by atoms with Gasteiger partial charge in [0.2, 0.25) is 0 Å². The van der Waals surface area contributed by atoms with Crippen LogP contribution in [0, 0.1) is 0 Å². The molecule has 1 aliphatic heterocycles. The second-order valence-corrected chi connectivity index (χ2v) is 10.7. The van der Waals surface area contributed by atoms with Crippen molar-refractivity contribution in [3.8, 4) is 11.1 Å². The van der Waals surface area contributed by atoms with Crippen molar-refractivity contribution in [2.75, 3.05) is 6.54 Å². The molecule has 2 aromatic carbocycles. The molecule has 6 heteroatoms. The third-order valence-corrected chi connectivity index (χ3v) is 7.04. The number of rotatable bonds is 7. The van der Waals surface area contributed by atoms with Gasteiger partial charge in [0.1, 0.15) is 5.60 Å². The van der Waals surface area contributed by atoms with Gasteiger partial charge in [-0.15, -0.1) is 0 Å². The van der Waals surface area contributed by atoms with E-state index < -0.39 is 11.2 Å². The number of aliphatic hydroxyl groups is 1. The van der Waals surface area contributed by atoms with E-state index in [0.29, 0.717) is 19.4 Å². The van der Waals surface area contributed by atoms with E-state index >= 15 is 0 Å². The van der Waals surface area contributed by atoms with Gasteiger partial charge in [-0.3, -0.25) is 4.79 Å². The number of nitrogens with one attached hydrogen (secondary N) is 1. The average molecular weight is 489 g/mol. The van der Waals surface area contributed by atoms with Crippen LogP contribution in [-0.2, 0) is 10.3 Å². The van der Waals surface area contributed by atoms with Crippen LogP contribution in [-0.4, -0.2) is 33.2 Å². The van der Waals surface area contributed by atoms with Crippen LogP contribution in [0.5, 0.6) is 0 Å². The Labute approximate surface area is 212 Å². The quantitative estimate of drug-likeness (QED) is 0.419. The predicted molar refractivity (Wildman–Crippen MR) is 142 cm³/mol. The Morgan fingerprint density at radius 1 is 1.03 bits per heavy atom. The van der Waals surface area contributed by atoms with Crippen molar-refractivity contribution < 1.29 is 14.6 Å². The Hall–Kier alpha value is -3.38. The summed E-state index contributed by atoms with van der Waals surface area (Å²) in [5.41, 5.74) is 2.61. The first kappa shape index (κ1) is 25.7. The first-order valence-corrected chi connectivity index (χ1v) is 12.6. The van der Waals surface area contributed by atoms with Crippen molar-refractivity contribution in [3.63, 3.8) is 0 Å². The zero-order chi connectivity index (χ0) is 26.1. The molecule has 0 unspecified atom stereocenters. The van der Waals surface area contributed by atoms with Gasteiger partial charge in [0.15, 0.2) is 0 Å². The Morgan fingerprint density at radius 2 is 1.69 bits per heavy atom. The summed E-state index contributed by atoms with van der Waals surface area (Å²) in [5, 5.41) is 10.6. The van der Waals surface area contributed by atoms with Gasteiger partial charge < -0.3 is 19.7 Å². The maximum Gasteiger partial charge on any atom is 0.411 e. The zero-order valence-corrected chi connectivity index (χ0v) is 21.7. The monoisotopic (exact) mass is 488 g/mol. The summed E-state index contributed by atoms with van der Waals surface area (Å²) in [6, 6.07) is 19.5. The Balaban J connectivity index is 1.56. The van der Waals surface area contributed by atoms with E-state index in [0.717, 1.165) is 27.8 Å². The first-order chi connectivity index (χ1) is 17.0. The fourth-order valence-corrected chi connectivity index (χ4v) is 5.33. The number of H-pyrrole nitrogens is 1. The lowest BCUT2D eigenvalue weighted by atomic mass is 9.80. The molecule has 6 nitrogen and oxygen atoms in total. The van der Waals surface area contributed by atoms with Crippen LogP contribution in [0.1, 0.15) is 76.1 Å². The predicted octanol–water partition coefficient (Wildman–Crippen LogP) is 6.13. The molecule has 190 valence electrons. The largest absolute Gasteiger partial charge is 0.438 e. The molecule has 0 aliphatic carbocycles. The fourth-order valence-electron chi connectivity index (χ4n) is 5.33. The Kier molecular flexibility index (Phi) is 7.10. The number of hydrogen-bond donors (Lipinski definition) is 2. The van der Waals surface area contributed by atoms with Crippen molar-refractivity contribution in [2.24, 2.45) is 0 Å². The molecule has 1 aliphatic rings. The molecule has 0 saturated carbocycles. The summed E-state index contributed by atoms with van der Waals surface area (Å²) in [6.07, 6.45) is 2.19. The van der Waals surface area contributed by atoms with Gasteiger partial charge in [-0.25, -0.2) is 4.79 Å². The molecule has 0 radical (unpaired) electrons. The molecule has 1 aromatic heterocycles. The van der Waals surface area contributed by atoms with Gasteiger partial charge >= 0.3 is 6.09 Å². The highest BCUT2D eigenvalue weighted by Crippen LogP contribution is 2.42. The molecule has 1 saturated heterocycles. The minimum atomic E-state index is -0.992. The summed E-state index contributed by atoms with van der Waals surface area (Å²) in [5.74, 6) is 0.0976. The molecule has 4 rings (SSSR count). The molecule has 36 heavy (non-hydrogen) atoms. The van der Waals surface area contributed by atoms with E-state index in [4.69, 9.17) is 4.74 Å². The molecular formula is C30H36N2O4. The van der Waals surface area contributed by atoms with Crippen molar-refractivity contribution in [1.82, 2.24) is 9.88 Å². The highest BCUT2D eigenvalue weighted by molar-refractivity contribution is 5.71. The van der Waals surface area contributed by atoms with E-state index in [9.17, 15) is 14.7 Å². The van der Waals surface area contributed by atoms with Crippen LogP contribution in [0.3, 0.4) is 0 Å². The molecule has 0 bridgehead atoms. The molecule has 1 amide bonds. The first-order valence-electron chi connectivity index (χ1n) is 12.6. The minimum Gasteiger partial charge on any atom is -0.438 e. The van der Waals surface area contributed by atoms with Crippen molar-refractivity contribution in [1.29, 1.82) is 0 Å². The summed E-state index contributed by atoms with van der Waals surface area (Å²) >= 11 is 0. The van der Waals surface area contributed by atoms with Crippen molar-refractivity contribution in [3.05, 3.63) is 93.9 Å². The lowest BCUT2D eigenvalue weighted by Gasteiger charge is -2.45. The second-order valence-electron chi connectivity index (χ2n) is 10.7. The zero-order valence-electron chi connectivity index (χ0n) is 21.7. The van der Waals surface area contributed by atoms with E-state index in [1.165, 1.54) is 0 Å². The summed E-state index contributed by atoms with van der Waals surface area (Å²) in [7, 11) is 0. The second kappa shape index (κ2) is 9.94. The molecular weight excluding hydrogens is 452 g/mol. The Morgan fingerprint density at radius 3 is 2.28 bits per heavy atom. The average Bonchev–Trinajstić information content (AvgIpc) is 2.83. The highest BCUT2D eigenvalue weighted by atomic mass is 16.6. The van der Waals surface area contributed by atoms with Gasteiger partial charge in [-0.2, -0.15) is 0 Å². The van der Waals surface area contributed by atoms with Crippen LogP contribution in [0.4, 0.5) is 4.79 Å². The number of nitrogens with zero attached hydrogens (tertiary/aromatic N) is 1. The number of carbonyl (C=O) groups excluding carboxylic acids is 1. The molecule has 2 atom stereocenters. The third kappa shape index (κ3) is 5.24. The number of carbonyl (C=O) groups is 1. The molecule has 3 aromatic rings. The van der Waals surface area contributed by atoms with Crippen LogP contribution >= 0.6 is 0 Å². The SMILES string of the molecule is CC(C)c1c(-c2ccc([C@H](C)N3CC[C@](CC(C)(C)O)(c4ccccc4)OC3=O)cc2)cc[nH]c1=O. The summed E-state index contributed by atoms with van der Waals surface area (Å²) < 4.78 is 6.13. The third-order valence-electron chi connectivity index (χ3n) is 7.04. The number of aromatic amines is 1. The van der Waals surface area contributed by atoms with E-state index in [-0.39, 0.29) is 23.6 Å². The Bertz CT molecular complexity index is 1260. The summed E-state index contributed by atoms with van der Waals surface area (Å²) in [6.45, 7) is 10.0. The van der Waals surface area contributed by atoms with Gasteiger partial charge in [0.05, 0.1) is 11.6 Å². The normalized spacial score (nSPS) is 19.3. The van der Waals surface area contributed by atoms with Crippen LogP contribution in [0.25, 0.3) is 11.1 Å². The van der Waals surface area contributed by atoms with Gasteiger partial charge in [-0.1, -0.05) is 68.4 Å². The lowest BCUT2D eigenvalue weighted by molar-refractivity contribution is -0.101. The van der Waals surface area contributed by atoms with E-state index in [2.05, 4.69) is 4.98 Å². The van der Waals surface area contributed by atoms with Crippen LogP contribution in [0.2, 0.25) is 0 Å².